The molecule has 2 fully saturated rings. The zero-order chi connectivity index (χ0) is 47.9. The number of sulfonamides is 1. The SMILES string of the molecule is CC1(C)CCC(CN2CCN(c3ccc(C(=O)NS(=O)(=O)c4cc5c(c([N+](=O)[O-])c4)N[C@H](CCN4CCOCC4)CO5)c(N4CCCOc5nc6[nH]ccc6cc54)c3)CC2)=C(c2ccc(Cl)cc2)C1. The number of nitrogens with zero attached hydrogens (tertiary/aromatic N) is 6. The molecule has 5 aliphatic rings. The number of morpholine rings is 1. The Labute approximate surface area is 406 Å². The van der Waals surface area contributed by atoms with Crippen LogP contribution in [-0.2, 0) is 14.8 Å². The van der Waals surface area contributed by atoms with Crippen molar-refractivity contribution in [1.29, 1.82) is 0 Å². The number of aromatic nitrogens is 2. The number of nitro benzene ring substituents is 1. The molecule has 69 heavy (non-hydrogen) atoms. The normalized spacial score (nSPS) is 20.0. The summed E-state index contributed by atoms with van der Waals surface area (Å²) in [6.07, 6.45) is 6.25. The smallest absolute Gasteiger partial charge is 0.297 e. The molecule has 19 heteroatoms. The summed E-state index contributed by atoms with van der Waals surface area (Å²) in [4.78, 5) is 42.8. The molecule has 3 aromatic carbocycles. The number of carbonyl (C=O) groups excluding carboxylic acids is 1. The Morgan fingerprint density at radius 2 is 1.74 bits per heavy atom. The third-order valence-corrected chi connectivity index (χ3v) is 15.6. The van der Waals surface area contributed by atoms with E-state index >= 15 is 0 Å². The number of nitro groups is 1. The molecular weight excluding hydrogens is 922 g/mol. The van der Waals surface area contributed by atoms with Crippen LogP contribution in [0, 0.1) is 15.5 Å². The molecule has 4 aliphatic heterocycles. The van der Waals surface area contributed by atoms with Gasteiger partial charge in [0.15, 0.2) is 11.4 Å². The van der Waals surface area contributed by atoms with Gasteiger partial charge in [0.2, 0.25) is 5.88 Å². The summed E-state index contributed by atoms with van der Waals surface area (Å²) in [5.41, 5.74) is 6.72. The number of amides is 1. The summed E-state index contributed by atoms with van der Waals surface area (Å²) in [5, 5.41) is 17.3. The number of anilines is 4. The second-order valence-electron chi connectivity index (χ2n) is 19.4. The number of ether oxygens (including phenoxy) is 3. The van der Waals surface area contributed by atoms with E-state index in [-0.39, 0.29) is 35.1 Å². The highest BCUT2D eigenvalue weighted by molar-refractivity contribution is 7.90. The lowest BCUT2D eigenvalue weighted by Gasteiger charge is -2.39. The predicted octanol–water partition coefficient (Wildman–Crippen LogP) is 7.84. The molecule has 10 rings (SSSR count). The zero-order valence-electron chi connectivity index (χ0n) is 39.0. The van der Waals surface area contributed by atoms with Gasteiger partial charge in [-0.2, -0.15) is 4.98 Å². The Kier molecular flexibility index (Phi) is 13.2. The van der Waals surface area contributed by atoms with E-state index in [1.807, 2.05) is 41.3 Å². The van der Waals surface area contributed by atoms with E-state index in [1.165, 1.54) is 22.8 Å². The summed E-state index contributed by atoms with van der Waals surface area (Å²) in [6, 6.07) is 19.5. The second-order valence-corrected chi connectivity index (χ2v) is 21.5. The van der Waals surface area contributed by atoms with Crippen molar-refractivity contribution in [2.45, 2.75) is 56.9 Å². The lowest BCUT2D eigenvalue weighted by Crippen LogP contribution is -2.47. The van der Waals surface area contributed by atoms with Crippen molar-refractivity contribution in [1.82, 2.24) is 24.5 Å². The number of piperazine rings is 1. The number of rotatable bonds is 12. The summed E-state index contributed by atoms with van der Waals surface area (Å²) in [6.45, 7) is 13.4. The van der Waals surface area contributed by atoms with Gasteiger partial charge < -0.3 is 34.3 Å². The lowest BCUT2D eigenvalue weighted by atomic mass is 9.72. The third-order valence-electron chi connectivity index (χ3n) is 14.1. The Bertz CT molecular complexity index is 2890. The fraction of sp³-hybridized carbons (Fsp3) is 0.440. The van der Waals surface area contributed by atoms with Crippen molar-refractivity contribution >= 4 is 72.6 Å². The summed E-state index contributed by atoms with van der Waals surface area (Å²) < 4.78 is 48.2. The van der Waals surface area contributed by atoms with Crippen LogP contribution in [0.1, 0.15) is 61.9 Å². The maximum absolute atomic E-state index is 14.5. The quantitative estimate of drug-likeness (QED) is 0.0810. The number of benzene rings is 3. The summed E-state index contributed by atoms with van der Waals surface area (Å²) in [5.74, 6) is -0.486. The van der Waals surface area contributed by atoms with Crippen LogP contribution >= 0.6 is 11.6 Å². The molecule has 3 N–H and O–H groups in total. The highest BCUT2D eigenvalue weighted by Crippen LogP contribution is 2.45. The fourth-order valence-corrected chi connectivity index (χ4v) is 11.3. The van der Waals surface area contributed by atoms with Crippen LogP contribution < -0.4 is 29.3 Å². The van der Waals surface area contributed by atoms with Gasteiger partial charge >= 0.3 is 0 Å². The van der Waals surface area contributed by atoms with Crippen LogP contribution in [0.4, 0.5) is 28.4 Å². The van der Waals surface area contributed by atoms with E-state index in [0.29, 0.717) is 62.1 Å². The van der Waals surface area contributed by atoms with Crippen LogP contribution in [0.2, 0.25) is 5.02 Å². The molecule has 364 valence electrons. The Morgan fingerprint density at radius 1 is 0.942 bits per heavy atom. The van der Waals surface area contributed by atoms with E-state index in [4.69, 9.17) is 30.8 Å². The number of aromatic amines is 1. The highest BCUT2D eigenvalue weighted by Gasteiger charge is 2.34. The minimum atomic E-state index is -4.67. The molecule has 0 spiro atoms. The minimum Gasteiger partial charge on any atom is -0.489 e. The molecule has 0 saturated carbocycles. The largest absolute Gasteiger partial charge is 0.489 e. The van der Waals surface area contributed by atoms with Crippen LogP contribution in [0.15, 0.2) is 83.4 Å². The number of halogens is 1. The number of carbonyl (C=O) groups is 1. The average molecular weight is 981 g/mol. The van der Waals surface area contributed by atoms with Gasteiger partial charge in [-0.15, -0.1) is 0 Å². The van der Waals surface area contributed by atoms with Gasteiger partial charge in [-0.1, -0.05) is 43.2 Å². The minimum absolute atomic E-state index is 0.0240. The molecule has 2 saturated heterocycles. The van der Waals surface area contributed by atoms with Gasteiger partial charge in [0.25, 0.3) is 21.6 Å². The molecule has 1 aliphatic carbocycles. The van der Waals surface area contributed by atoms with E-state index < -0.39 is 31.4 Å². The van der Waals surface area contributed by atoms with E-state index in [9.17, 15) is 23.3 Å². The Morgan fingerprint density at radius 3 is 2.52 bits per heavy atom. The Hall–Kier alpha value is -5.92. The highest BCUT2D eigenvalue weighted by atomic mass is 35.5. The molecule has 0 radical (unpaired) electrons. The predicted molar refractivity (Wildman–Crippen MR) is 267 cm³/mol. The first-order valence-electron chi connectivity index (χ1n) is 23.8. The molecule has 2 aromatic heterocycles. The van der Waals surface area contributed by atoms with Gasteiger partial charge in [-0.05, 0) is 91.1 Å². The first-order chi connectivity index (χ1) is 33.3. The van der Waals surface area contributed by atoms with Gasteiger partial charge in [-0.25, -0.2) is 13.1 Å². The molecule has 5 aromatic rings. The molecular formula is C50H58ClN9O8S. The van der Waals surface area contributed by atoms with Gasteiger partial charge in [0.1, 0.15) is 17.9 Å². The molecule has 6 heterocycles. The number of fused-ring (bicyclic) bond motifs is 3. The number of allylic oxidation sites excluding steroid dienone is 1. The molecule has 1 amide bonds. The first-order valence-corrected chi connectivity index (χ1v) is 25.7. The number of hydrogen-bond donors (Lipinski definition) is 3. The number of nitrogens with one attached hydrogen (secondary N) is 3. The fourth-order valence-electron chi connectivity index (χ4n) is 10.2. The third kappa shape index (κ3) is 10.2. The number of hydrogen-bond acceptors (Lipinski definition) is 14. The standard InChI is InChI=1S/C50H58ClN9O8S/c1-50(2)13-10-35(41(30-50)33-4-6-36(51)7-5-33)31-57-17-19-58(20-18-57)38-8-9-40(42(27-38)59-15-3-23-67-49-44(59)26-34-11-14-52-47(34)54-49)48(61)55-69(64,65)39-28-43(60(62)63)46-45(29-39)68-32-37(53-46)12-16-56-21-24-66-25-22-56/h4-9,11,14,26-29,37,53H,3,10,12-13,15-25,30-32H2,1-2H3,(H,52,54)(H,55,61)/t37-/m1/s1. The molecule has 0 unspecified atom stereocenters. The van der Waals surface area contributed by atoms with Gasteiger partial charge in [0, 0.05) is 93.3 Å². The summed E-state index contributed by atoms with van der Waals surface area (Å²) >= 11 is 6.28. The van der Waals surface area contributed by atoms with Crippen LogP contribution in [-0.4, -0.2) is 130 Å². The monoisotopic (exact) mass is 979 g/mol. The van der Waals surface area contributed by atoms with Gasteiger partial charge in [0.05, 0.1) is 46.9 Å². The van der Waals surface area contributed by atoms with Crippen molar-refractivity contribution in [3.63, 3.8) is 0 Å². The van der Waals surface area contributed by atoms with Crippen LogP contribution in [0.25, 0.3) is 16.6 Å². The maximum atomic E-state index is 14.5. The van der Waals surface area contributed by atoms with Crippen LogP contribution in [0.3, 0.4) is 0 Å². The van der Waals surface area contributed by atoms with E-state index in [2.05, 4.69) is 55.7 Å². The zero-order valence-corrected chi connectivity index (χ0v) is 40.5. The molecule has 0 bridgehead atoms. The number of pyridine rings is 1. The maximum Gasteiger partial charge on any atom is 0.297 e. The first kappa shape index (κ1) is 46.8. The van der Waals surface area contributed by atoms with E-state index in [1.54, 1.807) is 12.3 Å². The average Bonchev–Trinajstić information content (AvgIpc) is 3.71. The number of H-pyrrole nitrogens is 1. The van der Waals surface area contributed by atoms with Crippen molar-refractivity contribution in [3.05, 3.63) is 105 Å². The van der Waals surface area contributed by atoms with Crippen molar-refractivity contribution in [3.8, 4) is 11.6 Å². The molecule has 1 atom stereocenters. The second kappa shape index (κ2) is 19.5. The van der Waals surface area contributed by atoms with Crippen molar-refractivity contribution in [2.75, 3.05) is 100 Å². The summed E-state index contributed by atoms with van der Waals surface area (Å²) in [7, 11) is -4.67. The topological polar surface area (TPSA) is 188 Å². The van der Waals surface area contributed by atoms with Gasteiger partial charge in [-0.3, -0.25) is 24.7 Å². The van der Waals surface area contributed by atoms with Crippen LogP contribution in [0.5, 0.6) is 11.6 Å². The van der Waals surface area contributed by atoms with Crippen molar-refractivity contribution in [2.24, 2.45) is 5.41 Å². The van der Waals surface area contributed by atoms with Crippen molar-refractivity contribution < 1.29 is 32.3 Å². The Balaban J connectivity index is 0.916. The molecule has 17 nitrogen and oxygen atoms in total. The van der Waals surface area contributed by atoms with E-state index in [0.717, 1.165) is 93.8 Å². The lowest BCUT2D eigenvalue weighted by molar-refractivity contribution is -0.384.